The Bertz CT molecular complexity index is 385. The first-order chi connectivity index (χ1) is 7.80. The van der Waals surface area contributed by atoms with E-state index in [1.165, 1.54) is 11.1 Å². The predicted molar refractivity (Wildman–Crippen MR) is 63.1 cm³/mol. The van der Waals surface area contributed by atoms with Crippen molar-refractivity contribution in [2.24, 2.45) is 0 Å². The Balaban J connectivity index is 2.05. The van der Waals surface area contributed by atoms with Crippen LogP contribution in [0.25, 0.3) is 0 Å². The molecule has 0 amide bonds. The molecule has 1 atom stereocenters. The molecule has 1 aromatic rings. The summed E-state index contributed by atoms with van der Waals surface area (Å²) in [6, 6.07) is 8.51. The van der Waals surface area contributed by atoms with Gasteiger partial charge in [-0.05, 0) is 37.1 Å². The van der Waals surface area contributed by atoms with E-state index in [1.807, 2.05) is 0 Å². The highest BCUT2D eigenvalue weighted by Crippen LogP contribution is 2.36. The summed E-state index contributed by atoms with van der Waals surface area (Å²) in [4.78, 5) is 0. The highest BCUT2D eigenvalue weighted by Gasteiger charge is 2.39. The largest absolute Gasteiger partial charge is 0.378 e. The number of aliphatic hydroxyl groups excluding tert-OH is 1. The van der Waals surface area contributed by atoms with Crippen LogP contribution in [0.3, 0.4) is 0 Å². The van der Waals surface area contributed by atoms with E-state index in [0.29, 0.717) is 0 Å². The van der Waals surface area contributed by atoms with Crippen LogP contribution in [0.2, 0.25) is 0 Å². The Hall–Kier alpha value is -0.900. The Kier molecular flexibility index (Phi) is 2.46. The molecule has 16 heavy (non-hydrogen) atoms. The lowest BCUT2D eigenvalue weighted by molar-refractivity contribution is 0.0613. The quantitative estimate of drug-likeness (QED) is 0.601. The van der Waals surface area contributed by atoms with Gasteiger partial charge in [0.05, 0.1) is 0 Å². The fourth-order valence-electron chi connectivity index (χ4n) is 3.09. The lowest BCUT2D eigenvalue weighted by atomic mass is 9.76. The van der Waals surface area contributed by atoms with Crippen molar-refractivity contribution in [1.82, 2.24) is 10.6 Å². The standard InChI is InChI=1S/C13H18N2O/c16-12-9-10-3-1-2-4-11(10)13(15-12)5-7-14-8-6-13/h1-4,12,14-16H,5-9H2. The first kappa shape index (κ1) is 10.3. The number of fused-ring (bicyclic) bond motifs is 2. The number of hydrogen-bond donors (Lipinski definition) is 3. The Labute approximate surface area is 95.9 Å². The predicted octanol–water partition coefficient (Wildman–Crippen LogP) is 0.729. The minimum Gasteiger partial charge on any atom is -0.378 e. The monoisotopic (exact) mass is 218 g/mol. The number of aliphatic hydroxyl groups is 1. The summed E-state index contributed by atoms with van der Waals surface area (Å²) in [6.45, 7) is 2.04. The number of piperidine rings is 1. The molecule has 2 aliphatic rings. The minimum absolute atomic E-state index is 0.000486. The van der Waals surface area contributed by atoms with E-state index < -0.39 is 6.23 Å². The van der Waals surface area contributed by atoms with Gasteiger partial charge in [-0.1, -0.05) is 24.3 Å². The molecule has 3 N–H and O–H groups in total. The summed E-state index contributed by atoms with van der Waals surface area (Å²) in [5.41, 5.74) is 2.69. The third-order valence-corrected chi connectivity index (χ3v) is 3.85. The fraction of sp³-hybridized carbons (Fsp3) is 0.538. The van der Waals surface area contributed by atoms with Crippen molar-refractivity contribution < 1.29 is 5.11 Å². The summed E-state index contributed by atoms with van der Waals surface area (Å²) in [5.74, 6) is 0. The van der Waals surface area contributed by atoms with Gasteiger partial charge in [0.2, 0.25) is 0 Å². The van der Waals surface area contributed by atoms with Crippen molar-refractivity contribution in [3.05, 3.63) is 35.4 Å². The van der Waals surface area contributed by atoms with Gasteiger partial charge in [-0.3, -0.25) is 5.32 Å². The maximum Gasteiger partial charge on any atom is 0.109 e. The summed E-state index contributed by atoms with van der Waals surface area (Å²) >= 11 is 0. The molecule has 1 spiro atoms. The zero-order chi connectivity index (χ0) is 11.0. The number of nitrogens with one attached hydrogen (secondary N) is 2. The van der Waals surface area contributed by atoms with Crippen molar-refractivity contribution in [1.29, 1.82) is 0 Å². The van der Waals surface area contributed by atoms with Crippen LogP contribution >= 0.6 is 0 Å². The molecule has 2 aliphatic heterocycles. The molecule has 0 radical (unpaired) electrons. The van der Waals surface area contributed by atoms with Gasteiger partial charge in [-0.15, -0.1) is 0 Å². The normalized spacial score (nSPS) is 27.7. The highest BCUT2D eigenvalue weighted by atomic mass is 16.3. The van der Waals surface area contributed by atoms with Crippen LogP contribution < -0.4 is 10.6 Å². The van der Waals surface area contributed by atoms with E-state index in [4.69, 9.17) is 0 Å². The Morgan fingerprint density at radius 3 is 2.75 bits per heavy atom. The molecule has 1 fully saturated rings. The molecule has 86 valence electrons. The first-order valence-electron chi connectivity index (χ1n) is 6.05. The maximum atomic E-state index is 9.94. The lowest BCUT2D eigenvalue weighted by Crippen LogP contribution is -2.57. The van der Waals surface area contributed by atoms with Crippen molar-refractivity contribution >= 4 is 0 Å². The molecule has 1 saturated heterocycles. The van der Waals surface area contributed by atoms with E-state index in [0.717, 1.165) is 32.4 Å². The summed E-state index contributed by atoms with van der Waals surface area (Å²) in [5, 5.41) is 16.7. The maximum absolute atomic E-state index is 9.94. The van der Waals surface area contributed by atoms with Crippen LogP contribution in [0.1, 0.15) is 24.0 Å². The van der Waals surface area contributed by atoms with Crippen molar-refractivity contribution in [3.8, 4) is 0 Å². The van der Waals surface area contributed by atoms with Crippen LogP contribution in [0.15, 0.2) is 24.3 Å². The highest BCUT2D eigenvalue weighted by molar-refractivity contribution is 5.37. The molecule has 0 aliphatic carbocycles. The van der Waals surface area contributed by atoms with Gasteiger partial charge in [0.25, 0.3) is 0 Å². The molecule has 0 aromatic heterocycles. The Morgan fingerprint density at radius 1 is 1.19 bits per heavy atom. The smallest absolute Gasteiger partial charge is 0.109 e. The second kappa shape index (κ2) is 3.84. The molecule has 3 nitrogen and oxygen atoms in total. The zero-order valence-corrected chi connectivity index (χ0v) is 9.37. The first-order valence-corrected chi connectivity index (χ1v) is 6.05. The molecular formula is C13H18N2O. The Morgan fingerprint density at radius 2 is 1.94 bits per heavy atom. The number of hydrogen-bond acceptors (Lipinski definition) is 3. The second-order valence-corrected chi connectivity index (χ2v) is 4.85. The molecule has 2 heterocycles. The topological polar surface area (TPSA) is 44.3 Å². The van der Waals surface area contributed by atoms with Crippen LogP contribution in [0.4, 0.5) is 0 Å². The van der Waals surface area contributed by atoms with Crippen molar-refractivity contribution in [2.75, 3.05) is 13.1 Å². The second-order valence-electron chi connectivity index (χ2n) is 4.85. The van der Waals surface area contributed by atoms with E-state index in [-0.39, 0.29) is 5.54 Å². The van der Waals surface area contributed by atoms with E-state index >= 15 is 0 Å². The minimum atomic E-state index is -0.395. The van der Waals surface area contributed by atoms with Gasteiger partial charge in [0.1, 0.15) is 6.23 Å². The lowest BCUT2D eigenvalue weighted by Gasteiger charge is -2.45. The summed E-state index contributed by atoms with van der Waals surface area (Å²) < 4.78 is 0. The van der Waals surface area contributed by atoms with Crippen LogP contribution in [-0.4, -0.2) is 24.4 Å². The molecule has 1 aromatic carbocycles. The van der Waals surface area contributed by atoms with Crippen LogP contribution in [0.5, 0.6) is 0 Å². The third-order valence-electron chi connectivity index (χ3n) is 3.85. The van der Waals surface area contributed by atoms with Gasteiger partial charge in [-0.2, -0.15) is 0 Å². The van der Waals surface area contributed by atoms with Gasteiger partial charge < -0.3 is 10.4 Å². The van der Waals surface area contributed by atoms with Gasteiger partial charge in [0.15, 0.2) is 0 Å². The van der Waals surface area contributed by atoms with Crippen molar-refractivity contribution in [2.45, 2.75) is 31.0 Å². The summed E-state index contributed by atoms with van der Waals surface area (Å²) in [7, 11) is 0. The molecule has 3 rings (SSSR count). The SMILES string of the molecule is OC1Cc2ccccc2C2(CCNCC2)N1. The molecular weight excluding hydrogens is 200 g/mol. The third kappa shape index (κ3) is 1.56. The number of rotatable bonds is 0. The van der Waals surface area contributed by atoms with Crippen LogP contribution in [-0.2, 0) is 12.0 Å². The van der Waals surface area contributed by atoms with Gasteiger partial charge in [-0.25, -0.2) is 0 Å². The molecule has 0 bridgehead atoms. The average molecular weight is 218 g/mol. The number of benzene rings is 1. The van der Waals surface area contributed by atoms with E-state index in [9.17, 15) is 5.11 Å². The van der Waals surface area contributed by atoms with Gasteiger partial charge >= 0.3 is 0 Å². The zero-order valence-electron chi connectivity index (χ0n) is 9.37. The van der Waals surface area contributed by atoms with E-state index in [1.54, 1.807) is 0 Å². The van der Waals surface area contributed by atoms with E-state index in [2.05, 4.69) is 34.9 Å². The molecule has 1 unspecified atom stereocenters. The molecule has 0 saturated carbocycles. The van der Waals surface area contributed by atoms with Crippen molar-refractivity contribution in [3.63, 3.8) is 0 Å². The molecule has 3 heteroatoms. The average Bonchev–Trinajstić information content (AvgIpc) is 2.30. The fourth-order valence-corrected chi connectivity index (χ4v) is 3.09. The van der Waals surface area contributed by atoms with Gasteiger partial charge in [0, 0.05) is 12.0 Å². The van der Waals surface area contributed by atoms with Crippen LogP contribution in [0, 0.1) is 0 Å². The summed E-state index contributed by atoms with van der Waals surface area (Å²) in [6.07, 6.45) is 2.45.